The summed E-state index contributed by atoms with van der Waals surface area (Å²) in [5.74, 6) is 0.974. The van der Waals surface area contributed by atoms with E-state index in [0.717, 1.165) is 36.4 Å². The minimum Gasteiger partial charge on any atom is -0.496 e. The first-order chi connectivity index (χ1) is 18.1. The smallest absolute Gasteiger partial charge is 0.257 e. The third-order valence-corrected chi connectivity index (χ3v) is 8.14. The van der Waals surface area contributed by atoms with Crippen molar-refractivity contribution < 1.29 is 14.3 Å². The summed E-state index contributed by atoms with van der Waals surface area (Å²) in [5.41, 5.74) is 4.08. The Kier molecular flexibility index (Phi) is 8.16. The molecule has 2 aromatic carbocycles. The first-order valence-corrected chi connectivity index (χ1v) is 14.1. The molecular weight excluding hydrogens is 484 g/mol. The van der Waals surface area contributed by atoms with Crippen molar-refractivity contribution in [2.75, 3.05) is 25.5 Å². The van der Waals surface area contributed by atoms with Crippen LogP contribution in [0, 0.1) is 0 Å². The molecule has 1 aliphatic carbocycles. The van der Waals surface area contributed by atoms with Crippen LogP contribution in [0.1, 0.15) is 77.1 Å². The van der Waals surface area contributed by atoms with E-state index in [2.05, 4.69) is 33.1 Å². The van der Waals surface area contributed by atoms with E-state index in [1.165, 1.54) is 49.0 Å². The molecule has 2 amide bonds. The average molecular weight is 519 g/mol. The van der Waals surface area contributed by atoms with Crippen molar-refractivity contribution in [2.45, 2.75) is 56.9 Å². The molecule has 3 aromatic rings. The van der Waals surface area contributed by atoms with Crippen molar-refractivity contribution in [3.63, 3.8) is 0 Å². The van der Waals surface area contributed by atoms with Crippen LogP contribution in [-0.4, -0.2) is 43.0 Å². The number of hydrogen-bond donors (Lipinski definition) is 3. The van der Waals surface area contributed by atoms with E-state index < -0.39 is 0 Å². The number of carbonyl (C=O) groups is 2. The Balaban J connectivity index is 1.23. The lowest BCUT2D eigenvalue weighted by atomic mass is 9.83. The number of anilines is 1. The van der Waals surface area contributed by atoms with Gasteiger partial charge in [0, 0.05) is 34.7 Å². The standard InChI is InChI=1S/C29H34N4O3S/c1-36-26-14-13-22(19-6-3-2-4-7-19)16-24(26)25-18-37-29(32-25)33-28(35)21-11-9-20(10-12-21)27(34)31-17-23-8-5-15-30-23/h9-14,16,18-19,23,30H,2-8,15,17H2,1H3,(H,31,34)(H,32,33,35). The second-order valence-electron chi connectivity index (χ2n) is 9.87. The van der Waals surface area contributed by atoms with Gasteiger partial charge in [0.1, 0.15) is 5.75 Å². The van der Waals surface area contributed by atoms with Gasteiger partial charge < -0.3 is 15.4 Å². The van der Waals surface area contributed by atoms with Crippen LogP contribution in [0.5, 0.6) is 5.75 Å². The third-order valence-electron chi connectivity index (χ3n) is 7.38. The summed E-state index contributed by atoms with van der Waals surface area (Å²) in [6, 6.07) is 13.4. The van der Waals surface area contributed by atoms with Crippen molar-refractivity contribution in [1.29, 1.82) is 0 Å². The topological polar surface area (TPSA) is 92.3 Å². The van der Waals surface area contributed by atoms with E-state index >= 15 is 0 Å². The average Bonchev–Trinajstić information content (AvgIpc) is 3.64. The predicted octanol–water partition coefficient (Wildman–Crippen LogP) is 5.60. The fraction of sp³-hybridized carbons (Fsp3) is 0.414. The molecule has 1 atom stereocenters. The number of benzene rings is 2. The molecular formula is C29H34N4O3S. The highest BCUT2D eigenvalue weighted by Gasteiger charge is 2.20. The molecule has 37 heavy (non-hydrogen) atoms. The molecule has 0 radical (unpaired) electrons. The quantitative estimate of drug-likeness (QED) is 0.361. The molecule has 7 nitrogen and oxygen atoms in total. The normalized spacial score (nSPS) is 17.9. The second-order valence-corrected chi connectivity index (χ2v) is 10.7. The zero-order chi connectivity index (χ0) is 25.6. The van der Waals surface area contributed by atoms with Gasteiger partial charge in [-0.2, -0.15) is 0 Å². The molecule has 5 rings (SSSR count). The van der Waals surface area contributed by atoms with E-state index in [0.29, 0.717) is 34.8 Å². The van der Waals surface area contributed by atoms with Crippen LogP contribution in [0.15, 0.2) is 47.8 Å². The van der Waals surface area contributed by atoms with Gasteiger partial charge in [-0.1, -0.05) is 25.3 Å². The number of hydrogen-bond acceptors (Lipinski definition) is 6. The number of rotatable bonds is 8. The highest BCUT2D eigenvalue weighted by Crippen LogP contribution is 2.38. The zero-order valence-corrected chi connectivity index (χ0v) is 22.0. The molecule has 1 saturated heterocycles. The summed E-state index contributed by atoms with van der Waals surface area (Å²) in [5, 5.41) is 11.7. The summed E-state index contributed by atoms with van der Waals surface area (Å²) in [4.78, 5) is 30.0. The van der Waals surface area contributed by atoms with E-state index in [1.807, 2.05) is 11.4 Å². The van der Waals surface area contributed by atoms with Crippen LogP contribution < -0.4 is 20.7 Å². The number of nitrogens with one attached hydrogen (secondary N) is 3. The van der Waals surface area contributed by atoms with Crippen molar-refractivity contribution in [3.05, 3.63) is 64.5 Å². The van der Waals surface area contributed by atoms with Crippen LogP contribution in [0.2, 0.25) is 0 Å². The molecule has 2 aliphatic rings. The van der Waals surface area contributed by atoms with E-state index in [9.17, 15) is 9.59 Å². The van der Waals surface area contributed by atoms with Gasteiger partial charge >= 0.3 is 0 Å². The Morgan fingerprint density at radius 1 is 1.00 bits per heavy atom. The van der Waals surface area contributed by atoms with E-state index in [1.54, 1.807) is 31.4 Å². The van der Waals surface area contributed by atoms with Gasteiger partial charge in [-0.05, 0) is 80.1 Å². The maximum atomic E-state index is 12.8. The van der Waals surface area contributed by atoms with E-state index in [4.69, 9.17) is 4.74 Å². The number of ether oxygens (including phenoxy) is 1. The summed E-state index contributed by atoms with van der Waals surface area (Å²) in [7, 11) is 1.67. The van der Waals surface area contributed by atoms with Crippen LogP contribution in [0.4, 0.5) is 5.13 Å². The summed E-state index contributed by atoms with van der Waals surface area (Å²) < 4.78 is 5.62. The Hall–Kier alpha value is -3.23. The molecule has 3 N–H and O–H groups in total. The first kappa shape index (κ1) is 25.4. The third kappa shape index (κ3) is 6.19. The summed E-state index contributed by atoms with van der Waals surface area (Å²) in [6.07, 6.45) is 8.56. The van der Waals surface area contributed by atoms with Gasteiger partial charge in [0.15, 0.2) is 5.13 Å². The number of carbonyl (C=O) groups excluding carboxylic acids is 2. The number of thiazole rings is 1. The van der Waals surface area contributed by atoms with Gasteiger partial charge in [-0.15, -0.1) is 11.3 Å². The fourth-order valence-electron chi connectivity index (χ4n) is 5.26. The number of nitrogens with zero attached hydrogens (tertiary/aromatic N) is 1. The molecule has 1 aromatic heterocycles. The van der Waals surface area contributed by atoms with Crippen molar-refractivity contribution >= 4 is 28.3 Å². The highest BCUT2D eigenvalue weighted by molar-refractivity contribution is 7.14. The Morgan fingerprint density at radius 2 is 1.76 bits per heavy atom. The molecule has 1 aliphatic heterocycles. The minimum atomic E-state index is -0.258. The molecule has 1 saturated carbocycles. The number of amides is 2. The molecule has 1 unspecified atom stereocenters. The molecule has 2 fully saturated rings. The van der Waals surface area contributed by atoms with Crippen LogP contribution >= 0.6 is 11.3 Å². The molecule has 0 bridgehead atoms. The van der Waals surface area contributed by atoms with Gasteiger partial charge in [-0.3, -0.25) is 14.9 Å². The maximum Gasteiger partial charge on any atom is 0.257 e. The van der Waals surface area contributed by atoms with Crippen LogP contribution in [0.3, 0.4) is 0 Å². The zero-order valence-electron chi connectivity index (χ0n) is 21.2. The monoisotopic (exact) mass is 518 g/mol. The van der Waals surface area contributed by atoms with Crippen LogP contribution in [0.25, 0.3) is 11.3 Å². The lowest BCUT2D eigenvalue weighted by Gasteiger charge is -2.22. The lowest BCUT2D eigenvalue weighted by Crippen LogP contribution is -2.37. The molecule has 8 heteroatoms. The summed E-state index contributed by atoms with van der Waals surface area (Å²) >= 11 is 1.39. The summed E-state index contributed by atoms with van der Waals surface area (Å²) in [6.45, 7) is 1.62. The largest absolute Gasteiger partial charge is 0.496 e. The Bertz CT molecular complexity index is 1230. The number of aromatic nitrogens is 1. The molecule has 194 valence electrons. The SMILES string of the molecule is COc1ccc(C2CCCCC2)cc1-c1csc(NC(=O)c2ccc(C(=O)NCC3CCCN3)cc2)n1. The van der Waals surface area contributed by atoms with Gasteiger partial charge in [0.05, 0.1) is 12.8 Å². The minimum absolute atomic E-state index is 0.130. The molecule has 2 heterocycles. The van der Waals surface area contributed by atoms with Crippen molar-refractivity contribution in [3.8, 4) is 17.0 Å². The number of methoxy groups -OCH3 is 1. The van der Waals surface area contributed by atoms with Gasteiger partial charge in [-0.25, -0.2) is 4.98 Å². The van der Waals surface area contributed by atoms with Crippen LogP contribution in [-0.2, 0) is 0 Å². The first-order valence-electron chi connectivity index (χ1n) is 13.2. The highest BCUT2D eigenvalue weighted by atomic mass is 32.1. The molecule has 0 spiro atoms. The fourth-order valence-corrected chi connectivity index (χ4v) is 5.97. The second kappa shape index (κ2) is 11.9. The van der Waals surface area contributed by atoms with E-state index in [-0.39, 0.29) is 11.8 Å². The Labute approximate surface area is 222 Å². The maximum absolute atomic E-state index is 12.8. The lowest BCUT2D eigenvalue weighted by molar-refractivity contribution is 0.0948. The van der Waals surface area contributed by atoms with Gasteiger partial charge in [0.25, 0.3) is 11.8 Å². The van der Waals surface area contributed by atoms with Crippen molar-refractivity contribution in [1.82, 2.24) is 15.6 Å². The van der Waals surface area contributed by atoms with Crippen molar-refractivity contribution in [2.24, 2.45) is 0 Å². The predicted molar refractivity (Wildman–Crippen MR) is 148 cm³/mol. The van der Waals surface area contributed by atoms with Gasteiger partial charge in [0.2, 0.25) is 0 Å². The Morgan fingerprint density at radius 3 is 2.46 bits per heavy atom.